The molecule has 0 bridgehead atoms. The van der Waals surface area contributed by atoms with Gasteiger partial charge in [0.15, 0.2) is 5.78 Å². The predicted molar refractivity (Wildman–Crippen MR) is 104 cm³/mol. The van der Waals surface area contributed by atoms with Crippen LogP contribution in [0.15, 0.2) is 60.9 Å². The van der Waals surface area contributed by atoms with Gasteiger partial charge in [-0.2, -0.15) is 5.10 Å². The number of benzene rings is 2. The summed E-state index contributed by atoms with van der Waals surface area (Å²) in [4.78, 5) is 12.3. The van der Waals surface area contributed by atoms with Crippen LogP contribution in [-0.2, 0) is 6.54 Å². The molecule has 3 aromatic rings. The third-order valence-corrected chi connectivity index (χ3v) is 4.57. The van der Waals surface area contributed by atoms with Crippen molar-refractivity contribution in [2.24, 2.45) is 0 Å². The summed E-state index contributed by atoms with van der Waals surface area (Å²) in [5.41, 5.74) is 2.35. The molecule has 0 fully saturated rings. The summed E-state index contributed by atoms with van der Waals surface area (Å²) < 4.78 is 7.22. The molecule has 1 aromatic heterocycles. The van der Waals surface area contributed by atoms with Gasteiger partial charge in [-0.15, -0.1) is 0 Å². The minimum absolute atomic E-state index is 0.145. The van der Waals surface area contributed by atoms with E-state index in [1.54, 1.807) is 37.6 Å². The van der Waals surface area contributed by atoms with E-state index in [9.17, 15) is 4.79 Å². The second-order valence-electron chi connectivity index (χ2n) is 5.60. The molecule has 26 heavy (non-hydrogen) atoms. The quantitative estimate of drug-likeness (QED) is 0.434. The monoisotopic (exact) mass is 386 g/mol. The number of rotatable bonds is 6. The fourth-order valence-electron chi connectivity index (χ4n) is 2.51. The summed E-state index contributed by atoms with van der Waals surface area (Å²) in [6.07, 6.45) is 6.89. The Morgan fingerprint density at radius 2 is 2.04 bits per heavy atom. The lowest BCUT2D eigenvalue weighted by Gasteiger charge is -2.09. The lowest BCUT2D eigenvalue weighted by Crippen LogP contribution is -2.02. The van der Waals surface area contributed by atoms with Gasteiger partial charge < -0.3 is 4.74 Å². The molecule has 0 radical (unpaired) electrons. The van der Waals surface area contributed by atoms with Gasteiger partial charge in [0.05, 0.1) is 23.7 Å². The lowest BCUT2D eigenvalue weighted by molar-refractivity contribution is 0.104. The van der Waals surface area contributed by atoms with Crippen molar-refractivity contribution < 1.29 is 9.53 Å². The first-order valence-corrected chi connectivity index (χ1v) is 8.64. The number of carbonyl (C=O) groups excluding carboxylic acids is 1. The summed E-state index contributed by atoms with van der Waals surface area (Å²) in [5.74, 6) is 0.626. The van der Waals surface area contributed by atoms with E-state index in [2.05, 4.69) is 5.10 Å². The molecule has 0 aliphatic rings. The summed E-state index contributed by atoms with van der Waals surface area (Å²) >= 11 is 11.8. The van der Waals surface area contributed by atoms with Crippen molar-refractivity contribution in [3.63, 3.8) is 0 Å². The van der Waals surface area contributed by atoms with Gasteiger partial charge >= 0.3 is 0 Å². The Bertz CT molecular complexity index is 950. The van der Waals surface area contributed by atoms with Gasteiger partial charge in [0.25, 0.3) is 0 Å². The van der Waals surface area contributed by atoms with E-state index in [0.717, 1.165) is 16.9 Å². The Morgan fingerprint density at radius 3 is 2.73 bits per heavy atom. The maximum Gasteiger partial charge on any atom is 0.185 e. The Labute approximate surface area is 161 Å². The molecule has 0 N–H and O–H groups in total. The van der Waals surface area contributed by atoms with Crippen molar-refractivity contribution in [2.45, 2.75) is 6.54 Å². The van der Waals surface area contributed by atoms with Crippen LogP contribution in [0.2, 0.25) is 10.0 Å². The summed E-state index contributed by atoms with van der Waals surface area (Å²) in [7, 11) is 1.63. The van der Waals surface area contributed by atoms with Crippen LogP contribution < -0.4 is 4.74 Å². The smallest absolute Gasteiger partial charge is 0.185 e. The highest BCUT2D eigenvalue weighted by Gasteiger charge is 2.07. The third-order valence-electron chi connectivity index (χ3n) is 3.83. The molecule has 6 heteroatoms. The van der Waals surface area contributed by atoms with E-state index in [-0.39, 0.29) is 5.78 Å². The van der Waals surface area contributed by atoms with Crippen molar-refractivity contribution in [3.05, 3.63) is 87.7 Å². The van der Waals surface area contributed by atoms with Crippen molar-refractivity contribution in [2.75, 3.05) is 7.11 Å². The summed E-state index contributed by atoms with van der Waals surface area (Å²) in [5, 5.41) is 4.99. The van der Waals surface area contributed by atoms with E-state index in [1.807, 2.05) is 35.1 Å². The van der Waals surface area contributed by atoms with Gasteiger partial charge in [-0.3, -0.25) is 9.48 Å². The van der Waals surface area contributed by atoms with Gasteiger partial charge in [0.2, 0.25) is 0 Å². The van der Waals surface area contributed by atoms with Crippen LogP contribution in [0, 0.1) is 0 Å². The SMILES string of the molecule is COc1ccc(/C=C/C(=O)c2ccc(Cl)c(Cl)c2)cc1Cn1cccn1. The van der Waals surface area contributed by atoms with Crippen LogP contribution >= 0.6 is 23.2 Å². The van der Waals surface area contributed by atoms with Crippen LogP contribution in [0.1, 0.15) is 21.5 Å². The molecule has 132 valence electrons. The molecule has 1 heterocycles. The number of hydrogen-bond donors (Lipinski definition) is 0. The Hall–Kier alpha value is -2.56. The van der Waals surface area contributed by atoms with Gasteiger partial charge in [0.1, 0.15) is 5.75 Å². The molecule has 0 aliphatic carbocycles. The Kier molecular flexibility index (Phi) is 5.76. The minimum Gasteiger partial charge on any atom is -0.496 e. The fourth-order valence-corrected chi connectivity index (χ4v) is 2.81. The van der Waals surface area contributed by atoms with Crippen LogP contribution in [0.25, 0.3) is 6.08 Å². The van der Waals surface area contributed by atoms with E-state index in [0.29, 0.717) is 22.2 Å². The van der Waals surface area contributed by atoms with Gasteiger partial charge in [0, 0.05) is 23.5 Å². The number of allylic oxidation sites excluding steroid dienone is 1. The van der Waals surface area contributed by atoms with E-state index in [1.165, 1.54) is 6.08 Å². The second-order valence-corrected chi connectivity index (χ2v) is 6.42. The summed E-state index contributed by atoms with van der Waals surface area (Å²) in [6, 6.07) is 12.4. The Morgan fingerprint density at radius 1 is 1.19 bits per heavy atom. The number of methoxy groups -OCH3 is 1. The fraction of sp³-hybridized carbons (Fsp3) is 0.100. The number of hydrogen-bond acceptors (Lipinski definition) is 3. The van der Waals surface area contributed by atoms with Crippen molar-refractivity contribution >= 4 is 35.1 Å². The average Bonchev–Trinajstić information content (AvgIpc) is 3.15. The van der Waals surface area contributed by atoms with Gasteiger partial charge in [-0.1, -0.05) is 35.3 Å². The zero-order chi connectivity index (χ0) is 18.5. The normalized spacial score (nSPS) is 11.0. The highest BCUT2D eigenvalue weighted by atomic mass is 35.5. The zero-order valence-corrected chi connectivity index (χ0v) is 15.5. The maximum absolute atomic E-state index is 12.3. The van der Waals surface area contributed by atoms with E-state index < -0.39 is 0 Å². The van der Waals surface area contributed by atoms with Gasteiger partial charge in [-0.05, 0) is 48.0 Å². The van der Waals surface area contributed by atoms with E-state index in [4.69, 9.17) is 27.9 Å². The van der Waals surface area contributed by atoms with Crippen LogP contribution in [0.5, 0.6) is 5.75 Å². The van der Waals surface area contributed by atoms with Crippen molar-refractivity contribution in [1.82, 2.24) is 9.78 Å². The zero-order valence-electron chi connectivity index (χ0n) is 14.0. The number of ketones is 1. The number of carbonyl (C=O) groups is 1. The first-order chi connectivity index (χ1) is 12.6. The molecule has 0 amide bonds. The molecular weight excluding hydrogens is 371 g/mol. The minimum atomic E-state index is -0.145. The number of halogens is 2. The highest BCUT2D eigenvalue weighted by Crippen LogP contribution is 2.24. The molecule has 0 spiro atoms. The molecule has 0 aliphatic heterocycles. The standard InChI is InChI=1S/C20H16Cl2N2O2/c1-26-20-8-4-14(11-16(20)13-24-10-2-9-23-24)3-7-19(25)15-5-6-17(21)18(22)12-15/h2-12H,13H2,1H3/b7-3+. The second kappa shape index (κ2) is 8.21. The Balaban J connectivity index is 1.81. The van der Waals surface area contributed by atoms with E-state index >= 15 is 0 Å². The first-order valence-electron chi connectivity index (χ1n) is 7.88. The molecular formula is C20H16Cl2N2O2. The molecule has 0 unspecified atom stereocenters. The first kappa shape index (κ1) is 18.2. The van der Waals surface area contributed by atoms with Crippen LogP contribution in [0.3, 0.4) is 0 Å². The maximum atomic E-state index is 12.3. The largest absolute Gasteiger partial charge is 0.496 e. The molecule has 0 saturated heterocycles. The molecule has 0 saturated carbocycles. The average molecular weight is 387 g/mol. The van der Waals surface area contributed by atoms with Crippen molar-refractivity contribution in [1.29, 1.82) is 0 Å². The third kappa shape index (κ3) is 4.34. The highest BCUT2D eigenvalue weighted by molar-refractivity contribution is 6.42. The molecule has 3 rings (SSSR count). The topological polar surface area (TPSA) is 44.1 Å². The molecule has 2 aromatic carbocycles. The number of nitrogens with zero attached hydrogens (tertiary/aromatic N) is 2. The van der Waals surface area contributed by atoms with Crippen LogP contribution in [0.4, 0.5) is 0 Å². The predicted octanol–water partition coefficient (Wildman–Crippen LogP) is 5.14. The number of aromatic nitrogens is 2. The molecule has 0 atom stereocenters. The summed E-state index contributed by atoms with van der Waals surface area (Å²) in [6.45, 7) is 0.582. The van der Waals surface area contributed by atoms with Crippen molar-refractivity contribution in [3.8, 4) is 5.75 Å². The number of ether oxygens (including phenoxy) is 1. The lowest BCUT2D eigenvalue weighted by atomic mass is 10.1. The molecule has 4 nitrogen and oxygen atoms in total. The van der Waals surface area contributed by atoms with Gasteiger partial charge in [-0.25, -0.2) is 0 Å². The van der Waals surface area contributed by atoms with Crippen LogP contribution in [-0.4, -0.2) is 22.7 Å².